The zero-order chi connectivity index (χ0) is 14.1. The van der Waals surface area contributed by atoms with Crippen molar-refractivity contribution in [1.82, 2.24) is 15.0 Å². The second-order valence-corrected chi connectivity index (χ2v) is 4.39. The number of hydrogen-bond acceptors (Lipinski definition) is 4. The third-order valence-electron chi connectivity index (χ3n) is 3.08. The molecule has 6 heteroatoms. The number of carboxylic acid groups (broad SMARTS) is 1. The summed E-state index contributed by atoms with van der Waals surface area (Å²) in [5.41, 5.74) is 2.76. The quantitative estimate of drug-likeness (QED) is 0.679. The lowest BCUT2D eigenvalue weighted by atomic mass is 10.2. The van der Waals surface area contributed by atoms with Crippen LogP contribution in [0.15, 0.2) is 36.8 Å². The molecule has 0 saturated carbocycles. The summed E-state index contributed by atoms with van der Waals surface area (Å²) in [7, 11) is 0. The van der Waals surface area contributed by atoms with Gasteiger partial charge in [0.1, 0.15) is 17.7 Å². The highest BCUT2D eigenvalue weighted by Crippen LogP contribution is 2.30. The Morgan fingerprint density at radius 3 is 2.95 bits per heavy atom. The van der Waals surface area contributed by atoms with E-state index in [1.165, 1.54) is 12.5 Å². The van der Waals surface area contributed by atoms with Crippen molar-refractivity contribution in [2.45, 2.75) is 6.92 Å². The van der Waals surface area contributed by atoms with E-state index in [2.05, 4.69) is 20.3 Å². The van der Waals surface area contributed by atoms with E-state index in [4.69, 9.17) is 5.11 Å². The zero-order valence-corrected chi connectivity index (χ0v) is 10.7. The monoisotopic (exact) mass is 268 g/mol. The Bertz CT molecular complexity index is 795. The van der Waals surface area contributed by atoms with Crippen LogP contribution in [0.4, 0.5) is 11.5 Å². The number of carbonyl (C=O) groups is 1. The largest absolute Gasteiger partial charge is 0.477 e. The lowest BCUT2D eigenvalue weighted by Gasteiger charge is -2.07. The summed E-state index contributed by atoms with van der Waals surface area (Å²) in [5, 5.41) is 13.2. The standard InChI is InChI=1S/C14H12N4O2/c1-8-12(9-4-2-3-5-11(9)17-8)18-13-10(14(19)20)6-15-7-16-13/h2-7,17H,1H3,(H,19,20)(H,15,16,18). The number of aromatic amines is 1. The highest BCUT2D eigenvalue weighted by atomic mass is 16.4. The first-order valence-electron chi connectivity index (χ1n) is 6.04. The number of carboxylic acids is 1. The first kappa shape index (κ1) is 12.2. The second kappa shape index (κ2) is 4.65. The van der Waals surface area contributed by atoms with Gasteiger partial charge in [-0.1, -0.05) is 18.2 Å². The molecule has 0 spiro atoms. The normalized spacial score (nSPS) is 10.7. The smallest absolute Gasteiger partial charge is 0.341 e. The van der Waals surface area contributed by atoms with E-state index in [0.29, 0.717) is 0 Å². The van der Waals surface area contributed by atoms with Crippen molar-refractivity contribution < 1.29 is 9.90 Å². The van der Waals surface area contributed by atoms with Gasteiger partial charge in [-0.05, 0) is 13.0 Å². The Kier molecular flexibility index (Phi) is 2.83. The molecule has 2 heterocycles. The van der Waals surface area contributed by atoms with Gasteiger partial charge >= 0.3 is 5.97 Å². The molecular formula is C14H12N4O2. The van der Waals surface area contributed by atoms with Crippen LogP contribution in [0.1, 0.15) is 16.1 Å². The van der Waals surface area contributed by atoms with Crippen LogP contribution in [0.5, 0.6) is 0 Å². The SMILES string of the molecule is Cc1[nH]c2ccccc2c1Nc1ncncc1C(=O)O. The van der Waals surface area contributed by atoms with Gasteiger partial charge < -0.3 is 15.4 Å². The van der Waals surface area contributed by atoms with Gasteiger partial charge in [0.2, 0.25) is 0 Å². The number of nitrogens with zero attached hydrogens (tertiary/aromatic N) is 2. The summed E-state index contributed by atoms with van der Waals surface area (Å²) < 4.78 is 0. The molecule has 20 heavy (non-hydrogen) atoms. The molecule has 0 saturated heterocycles. The number of benzene rings is 1. The van der Waals surface area contributed by atoms with Crippen molar-refractivity contribution in [3.05, 3.63) is 48.0 Å². The average Bonchev–Trinajstić information content (AvgIpc) is 2.76. The molecule has 0 aliphatic carbocycles. The summed E-state index contributed by atoms with van der Waals surface area (Å²) in [5.74, 6) is -0.786. The molecule has 100 valence electrons. The first-order valence-corrected chi connectivity index (χ1v) is 6.04. The number of para-hydroxylation sites is 1. The maximum Gasteiger partial charge on any atom is 0.341 e. The lowest BCUT2D eigenvalue weighted by Crippen LogP contribution is -2.05. The van der Waals surface area contributed by atoms with Crippen LogP contribution in [0.3, 0.4) is 0 Å². The fourth-order valence-corrected chi connectivity index (χ4v) is 2.14. The van der Waals surface area contributed by atoms with Crippen molar-refractivity contribution in [3.8, 4) is 0 Å². The summed E-state index contributed by atoms with van der Waals surface area (Å²) >= 11 is 0. The van der Waals surface area contributed by atoms with E-state index in [9.17, 15) is 4.79 Å². The van der Waals surface area contributed by atoms with Gasteiger partial charge in [0.05, 0.1) is 5.69 Å². The minimum absolute atomic E-state index is 0.0391. The molecule has 0 unspecified atom stereocenters. The molecule has 3 N–H and O–H groups in total. The number of H-pyrrole nitrogens is 1. The molecule has 3 rings (SSSR count). The van der Waals surface area contributed by atoms with Crippen molar-refractivity contribution in [1.29, 1.82) is 0 Å². The van der Waals surface area contributed by atoms with E-state index in [1.807, 2.05) is 31.2 Å². The van der Waals surface area contributed by atoms with Gasteiger partial charge in [-0.15, -0.1) is 0 Å². The summed E-state index contributed by atoms with van der Waals surface area (Å²) in [6.45, 7) is 1.92. The van der Waals surface area contributed by atoms with Gasteiger partial charge in [0.15, 0.2) is 0 Å². The number of aromatic carboxylic acids is 1. The van der Waals surface area contributed by atoms with Gasteiger partial charge in [0, 0.05) is 22.8 Å². The Morgan fingerprint density at radius 1 is 1.35 bits per heavy atom. The van der Waals surface area contributed by atoms with E-state index in [1.54, 1.807) is 0 Å². The first-order chi connectivity index (χ1) is 9.66. The molecule has 0 aliphatic heterocycles. The number of nitrogens with one attached hydrogen (secondary N) is 2. The average molecular weight is 268 g/mol. The van der Waals surface area contributed by atoms with Crippen molar-refractivity contribution >= 4 is 28.4 Å². The molecule has 0 fully saturated rings. The molecule has 3 aromatic rings. The number of anilines is 2. The number of rotatable bonds is 3. The third kappa shape index (κ3) is 1.97. The molecule has 0 radical (unpaired) electrons. The Hall–Kier alpha value is -2.89. The van der Waals surface area contributed by atoms with E-state index >= 15 is 0 Å². The molecule has 1 aromatic carbocycles. The van der Waals surface area contributed by atoms with Crippen molar-refractivity contribution in [3.63, 3.8) is 0 Å². The molecule has 0 bridgehead atoms. The molecule has 0 atom stereocenters. The van der Waals surface area contributed by atoms with E-state index < -0.39 is 5.97 Å². The van der Waals surface area contributed by atoms with Crippen LogP contribution >= 0.6 is 0 Å². The Balaban J connectivity index is 2.10. The molecule has 2 aromatic heterocycles. The fourth-order valence-electron chi connectivity index (χ4n) is 2.14. The van der Waals surface area contributed by atoms with Gasteiger partial charge in [0.25, 0.3) is 0 Å². The number of aromatic nitrogens is 3. The zero-order valence-electron chi connectivity index (χ0n) is 10.7. The summed E-state index contributed by atoms with van der Waals surface area (Å²) in [6, 6.07) is 7.79. The number of aryl methyl sites for hydroxylation is 1. The lowest BCUT2D eigenvalue weighted by molar-refractivity contribution is 0.0697. The molecule has 0 amide bonds. The predicted molar refractivity (Wildman–Crippen MR) is 75.3 cm³/mol. The minimum Gasteiger partial charge on any atom is -0.477 e. The Morgan fingerprint density at radius 2 is 2.15 bits per heavy atom. The van der Waals surface area contributed by atoms with Crippen LogP contribution < -0.4 is 5.32 Å². The number of hydrogen-bond donors (Lipinski definition) is 3. The van der Waals surface area contributed by atoms with E-state index in [-0.39, 0.29) is 11.4 Å². The molecule has 6 nitrogen and oxygen atoms in total. The highest BCUT2D eigenvalue weighted by Gasteiger charge is 2.14. The highest BCUT2D eigenvalue weighted by molar-refractivity contribution is 5.99. The van der Waals surface area contributed by atoms with Crippen molar-refractivity contribution in [2.24, 2.45) is 0 Å². The second-order valence-electron chi connectivity index (χ2n) is 4.39. The topological polar surface area (TPSA) is 90.9 Å². The van der Waals surface area contributed by atoms with Crippen molar-refractivity contribution in [2.75, 3.05) is 5.32 Å². The van der Waals surface area contributed by atoms with Crippen LogP contribution in [-0.2, 0) is 0 Å². The maximum atomic E-state index is 11.2. The molecule has 0 aliphatic rings. The van der Waals surface area contributed by atoms with Gasteiger partial charge in [-0.3, -0.25) is 0 Å². The van der Waals surface area contributed by atoms with Crippen LogP contribution in [0.25, 0.3) is 10.9 Å². The number of fused-ring (bicyclic) bond motifs is 1. The Labute approximate surface area is 114 Å². The predicted octanol–water partition coefficient (Wildman–Crippen LogP) is 2.71. The summed E-state index contributed by atoms with van der Waals surface area (Å²) in [4.78, 5) is 22.2. The summed E-state index contributed by atoms with van der Waals surface area (Å²) in [6.07, 6.45) is 2.60. The maximum absolute atomic E-state index is 11.2. The fraction of sp³-hybridized carbons (Fsp3) is 0.0714. The van der Waals surface area contributed by atoms with Crippen LogP contribution in [-0.4, -0.2) is 26.0 Å². The third-order valence-corrected chi connectivity index (χ3v) is 3.08. The molecular weight excluding hydrogens is 256 g/mol. The van der Waals surface area contributed by atoms with Gasteiger partial charge in [-0.2, -0.15) is 0 Å². The van der Waals surface area contributed by atoms with Crippen LogP contribution in [0.2, 0.25) is 0 Å². The van der Waals surface area contributed by atoms with Crippen LogP contribution in [0, 0.1) is 6.92 Å². The van der Waals surface area contributed by atoms with Gasteiger partial charge in [-0.25, -0.2) is 14.8 Å². The van der Waals surface area contributed by atoms with E-state index in [0.717, 1.165) is 22.3 Å². The minimum atomic E-state index is -1.06.